The maximum atomic E-state index is 13.3. The Balaban J connectivity index is 2.52. The highest BCUT2D eigenvalue weighted by molar-refractivity contribution is 7.89. The van der Waals surface area contributed by atoms with Crippen molar-refractivity contribution < 1.29 is 12.8 Å². The van der Waals surface area contributed by atoms with Gasteiger partial charge in [0.15, 0.2) is 0 Å². The Morgan fingerprint density at radius 3 is 2.48 bits per heavy atom. The molecule has 2 aromatic carbocycles. The first-order valence-electron chi connectivity index (χ1n) is 6.20. The van der Waals surface area contributed by atoms with Crippen LogP contribution >= 0.6 is 0 Å². The van der Waals surface area contributed by atoms with E-state index in [2.05, 4.69) is 10.0 Å². The van der Waals surface area contributed by atoms with E-state index in [1.54, 1.807) is 25.1 Å². The van der Waals surface area contributed by atoms with Crippen molar-refractivity contribution in [3.8, 4) is 0 Å². The van der Waals surface area contributed by atoms with E-state index < -0.39 is 15.8 Å². The molecule has 0 radical (unpaired) electrons. The SMILES string of the molecule is CNS(=O)(=O)c1cc(N)ccc1Nc1cc(F)ccc1C. The number of sulfonamides is 1. The minimum Gasteiger partial charge on any atom is -0.399 e. The van der Waals surface area contributed by atoms with Gasteiger partial charge in [0.05, 0.1) is 5.69 Å². The first-order valence-corrected chi connectivity index (χ1v) is 7.68. The normalized spacial score (nSPS) is 11.4. The Hall–Kier alpha value is -2.12. The van der Waals surface area contributed by atoms with Crippen LogP contribution in [0.3, 0.4) is 0 Å². The van der Waals surface area contributed by atoms with Gasteiger partial charge in [-0.3, -0.25) is 0 Å². The summed E-state index contributed by atoms with van der Waals surface area (Å²) in [6, 6.07) is 8.73. The van der Waals surface area contributed by atoms with Crippen molar-refractivity contribution in [2.75, 3.05) is 18.1 Å². The van der Waals surface area contributed by atoms with E-state index in [1.807, 2.05) is 0 Å². The van der Waals surface area contributed by atoms with E-state index in [4.69, 9.17) is 5.73 Å². The summed E-state index contributed by atoms with van der Waals surface area (Å²) in [7, 11) is -2.37. The van der Waals surface area contributed by atoms with Crippen molar-refractivity contribution in [1.82, 2.24) is 4.72 Å². The molecule has 4 N–H and O–H groups in total. The second kappa shape index (κ2) is 5.71. The highest BCUT2D eigenvalue weighted by Gasteiger charge is 2.17. The lowest BCUT2D eigenvalue weighted by Gasteiger charge is -2.14. The summed E-state index contributed by atoms with van der Waals surface area (Å²) in [4.78, 5) is 0.00802. The lowest BCUT2D eigenvalue weighted by atomic mass is 10.2. The van der Waals surface area contributed by atoms with Gasteiger partial charge in [-0.25, -0.2) is 17.5 Å². The Labute approximate surface area is 123 Å². The number of nitrogens with two attached hydrogens (primary N) is 1. The summed E-state index contributed by atoms with van der Waals surface area (Å²) in [6.45, 7) is 1.80. The number of rotatable bonds is 4. The molecule has 0 aliphatic carbocycles. The van der Waals surface area contributed by atoms with Crippen LogP contribution in [0.5, 0.6) is 0 Å². The van der Waals surface area contributed by atoms with E-state index in [1.165, 1.54) is 25.2 Å². The molecule has 0 atom stereocenters. The van der Waals surface area contributed by atoms with E-state index in [0.29, 0.717) is 17.1 Å². The van der Waals surface area contributed by atoms with Crippen LogP contribution in [0.25, 0.3) is 0 Å². The third kappa shape index (κ3) is 3.32. The molecule has 0 amide bonds. The zero-order valence-corrected chi connectivity index (χ0v) is 12.5. The summed E-state index contributed by atoms with van der Waals surface area (Å²) < 4.78 is 39.6. The van der Waals surface area contributed by atoms with Gasteiger partial charge >= 0.3 is 0 Å². The fraction of sp³-hybridized carbons (Fsp3) is 0.143. The molecule has 0 saturated carbocycles. The molecule has 112 valence electrons. The van der Waals surface area contributed by atoms with Gasteiger partial charge in [-0.1, -0.05) is 6.07 Å². The van der Waals surface area contributed by atoms with Gasteiger partial charge in [-0.15, -0.1) is 0 Å². The molecular formula is C14H16FN3O2S. The van der Waals surface area contributed by atoms with Crippen molar-refractivity contribution >= 4 is 27.1 Å². The summed E-state index contributed by atoms with van der Waals surface area (Å²) in [5.74, 6) is -0.406. The van der Waals surface area contributed by atoms with E-state index in [-0.39, 0.29) is 4.90 Å². The molecule has 0 unspecified atom stereocenters. The number of benzene rings is 2. The van der Waals surface area contributed by atoms with Gasteiger partial charge in [-0.05, 0) is 49.9 Å². The first kappa shape index (κ1) is 15.3. The number of nitrogens with one attached hydrogen (secondary N) is 2. The second-order valence-electron chi connectivity index (χ2n) is 4.55. The number of anilines is 3. The fourth-order valence-corrected chi connectivity index (χ4v) is 2.77. The fourth-order valence-electron chi connectivity index (χ4n) is 1.85. The molecule has 2 aromatic rings. The number of aryl methyl sites for hydroxylation is 1. The zero-order chi connectivity index (χ0) is 15.6. The molecule has 0 spiro atoms. The molecule has 0 bridgehead atoms. The van der Waals surface area contributed by atoms with Crippen molar-refractivity contribution in [1.29, 1.82) is 0 Å². The van der Waals surface area contributed by atoms with Crippen LogP contribution in [0.2, 0.25) is 0 Å². The van der Waals surface area contributed by atoms with Crippen LogP contribution < -0.4 is 15.8 Å². The molecule has 7 heteroatoms. The molecule has 0 heterocycles. The number of hydrogen-bond acceptors (Lipinski definition) is 4. The largest absolute Gasteiger partial charge is 0.399 e. The lowest BCUT2D eigenvalue weighted by Crippen LogP contribution is -2.20. The van der Waals surface area contributed by atoms with Crippen LogP contribution in [0.1, 0.15) is 5.56 Å². The van der Waals surface area contributed by atoms with E-state index in [0.717, 1.165) is 5.56 Å². The van der Waals surface area contributed by atoms with Gasteiger partial charge in [0.25, 0.3) is 0 Å². The maximum Gasteiger partial charge on any atom is 0.242 e. The maximum absolute atomic E-state index is 13.3. The zero-order valence-electron chi connectivity index (χ0n) is 11.6. The predicted molar refractivity (Wildman–Crippen MR) is 81.5 cm³/mol. The minimum atomic E-state index is -3.68. The predicted octanol–water partition coefficient (Wildman–Crippen LogP) is 2.37. The Kier molecular flexibility index (Phi) is 4.15. The summed E-state index contributed by atoms with van der Waals surface area (Å²) in [5, 5.41) is 2.93. The second-order valence-corrected chi connectivity index (χ2v) is 6.40. The van der Waals surface area contributed by atoms with Crippen molar-refractivity contribution in [2.24, 2.45) is 0 Å². The molecule has 0 aromatic heterocycles. The topological polar surface area (TPSA) is 84.2 Å². The van der Waals surface area contributed by atoms with Gasteiger partial charge in [-0.2, -0.15) is 0 Å². The monoisotopic (exact) mass is 309 g/mol. The van der Waals surface area contributed by atoms with Crippen LogP contribution in [0.4, 0.5) is 21.5 Å². The number of nitrogen functional groups attached to an aromatic ring is 1. The molecule has 5 nitrogen and oxygen atoms in total. The average Bonchev–Trinajstić information content (AvgIpc) is 2.44. The smallest absolute Gasteiger partial charge is 0.242 e. The van der Waals surface area contributed by atoms with Crippen molar-refractivity contribution in [3.05, 3.63) is 47.8 Å². The quantitative estimate of drug-likeness (QED) is 0.757. The molecule has 0 fully saturated rings. The average molecular weight is 309 g/mol. The van der Waals surface area contributed by atoms with Gasteiger partial charge in [0, 0.05) is 11.4 Å². The summed E-state index contributed by atoms with van der Waals surface area (Å²) in [6.07, 6.45) is 0. The van der Waals surface area contributed by atoms with Gasteiger partial charge < -0.3 is 11.1 Å². The molecule has 0 saturated heterocycles. The highest BCUT2D eigenvalue weighted by Crippen LogP contribution is 2.28. The van der Waals surface area contributed by atoms with Crippen LogP contribution in [-0.2, 0) is 10.0 Å². The molecular weight excluding hydrogens is 293 g/mol. The lowest BCUT2D eigenvalue weighted by molar-refractivity contribution is 0.588. The van der Waals surface area contributed by atoms with Gasteiger partial charge in [0.2, 0.25) is 10.0 Å². The van der Waals surface area contributed by atoms with Gasteiger partial charge in [0.1, 0.15) is 10.7 Å². The van der Waals surface area contributed by atoms with Crippen LogP contribution in [0, 0.1) is 12.7 Å². The number of halogens is 1. The molecule has 0 aliphatic heterocycles. The third-order valence-corrected chi connectivity index (χ3v) is 4.49. The molecule has 21 heavy (non-hydrogen) atoms. The highest BCUT2D eigenvalue weighted by atomic mass is 32.2. The van der Waals surface area contributed by atoms with Crippen molar-refractivity contribution in [3.63, 3.8) is 0 Å². The molecule has 2 rings (SSSR count). The van der Waals surface area contributed by atoms with Crippen LogP contribution in [0.15, 0.2) is 41.3 Å². The first-order chi connectivity index (χ1) is 9.83. The Morgan fingerprint density at radius 1 is 1.10 bits per heavy atom. The van der Waals surface area contributed by atoms with E-state index in [9.17, 15) is 12.8 Å². The third-order valence-electron chi connectivity index (χ3n) is 3.03. The van der Waals surface area contributed by atoms with Crippen molar-refractivity contribution in [2.45, 2.75) is 11.8 Å². The Bertz CT molecular complexity index is 776. The summed E-state index contributed by atoms with van der Waals surface area (Å²) >= 11 is 0. The Morgan fingerprint density at radius 2 is 1.81 bits per heavy atom. The molecule has 0 aliphatic rings. The van der Waals surface area contributed by atoms with E-state index >= 15 is 0 Å². The van der Waals surface area contributed by atoms with Crippen LogP contribution in [-0.4, -0.2) is 15.5 Å². The minimum absolute atomic E-state index is 0.00802. The summed E-state index contributed by atoms with van der Waals surface area (Å²) in [5.41, 5.74) is 7.58. The standard InChI is InChI=1S/C14H16FN3O2S/c1-9-3-4-10(15)7-13(9)18-12-6-5-11(16)8-14(12)21(19,20)17-2/h3-8,17-18H,16H2,1-2H3. The number of hydrogen-bond donors (Lipinski definition) is 3.